The fourth-order valence-corrected chi connectivity index (χ4v) is 3.20. The van der Waals surface area contributed by atoms with Gasteiger partial charge < -0.3 is 10.2 Å². The first-order valence-electron chi connectivity index (χ1n) is 9.15. The molecule has 1 amide bonds. The second-order valence-electron chi connectivity index (χ2n) is 6.74. The predicted octanol–water partition coefficient (Wildman–Crippen LogP) is 3.44. The van der Waals surface area contributed by atoms with Gasteiger partial charge in [0.15, 0.2) is 0 Å². The number of carbonyl (C=O) groups excluding carboxylic acids is 1. The predicted molar refractivity (Wildman–Crippen MR) is 103 cm³/mol. The maximum Gasteiger partial charge on any atom is 0.246 e. The summed E-state index contributed by atoms with van der Waals surface area (Å²) >= 11 is 0. The Morgan fingerprint density at radius 2 is 2.00 bits per heavy atom. The van der Waals surface area contributed by atoms with Crippen LogP contribution in [0.5, 0.6) is 0 Å². The minimum Gasteiger partial charge on any atom is -0.336 e. The summed E-state index contributed by atoms with van der Waals surface area (Å²) < 4.78 is 27.5. The van der Waals surface area contributed by atoms with Crippen LogP contribution in [0.3, 0.4) is 0 Å². The van der Waals surface area contributed by atoms with Crippen LogP contribution in [-0.4, -0.2) is 36.1 Å². The lowest BCUT2D eigenvalue weighted by molar-refractivity contribution is -0.128. The number of amides is 1. The number of carbonyl (C=O) groups is 1. The number of nitrogens with one attached hydrogen (secondary N) is 1. The Balaban J connectivity index is 1.53. The van der Waals surface area contributed by atoms with Crippen LogP contribution < -0.4 is 5.32 Å². The SMILES string of the molecule is N#Cc1ccccc1/C=C\C(=O)N1CCC(NCc2ccc(F)cc2)C(F)C1. The third-order valence-corrected chi connectivity index (χ3v) is 4.82. The number of benzene rings is 2. The van der Waals surface area contributed by atoms with Crippen LogP contribution in [0, 0.1) is 17.1 Å². The second kappa shape index (κ2) is 9.25. The molecule has 6 heteroatoms. The largest absolute Gasteiger partial charge is 0.336 e. The molecule has 144 valence electrons. The molecule has 4 nitrogen and oxygen atoms in total. The van der Waals surface area contributed by atoms with Crippen LogP contribution in [0.25, 0.3) is 6.08 Å². The number of hydrogen-bond acceptors (Lipinski definition) is 3. The van der Waals surface area contributed by atoms with Crippen LogP contribution in [0.2, 0.25) is 0 Å². The zero-order valence-electron chi connectivity index (χ0n) is 15.3. The average Bonchev–Trinajstić information content (AvgIpc) is 2.72. The number of piperidine rings is 1. The molecule has 0 spiro atoms. The molecule has 0 saturated carbocycles. The Labute approximate surface area is 163 Å². The lowest BCUT2D eigenvalue weighted by Gasteiger charge is -2.34. The van der Waals surface area contributed by atoms with Crippen molar-refractivity contribution in [2.45, 2.75) is 25.2 Å². The number of nitriles is 1. The Kier molecular flexibility index (Phi) is 6.51. The molecule has 0 aromatic heterocycles. The molecule has 1 aliphatic heterocycles. The molecule has 1 saturated heterocycles. The van der Waals surface area contributed by atoms with Crippen LogP contribution in [-0.2, 0) is 11.3 Å². The van der Waals surface area contributed by atoms with Gasteiger partial charge in [0.25, 0.3) is 0 Å². The molecular weight excluding hydrogens is 360 g/mol. The van der Waals surface area contributed by atoms with Crippen molar-refractivity contribution in [3.63, 3.8) is 0 Å². The van der Waals surface area contributed by atoms with E-state index >= 15 is 0 Å². The maximum absolute atomic E-state index is 14.5. The zero-order valence-corrected chi connectivity index (χ0v) is 15.3. The van der Waals surface area contributed by atoms with E-state index in [9.17, 15) is 13.6 Å². The summed E-state index contributed by atoms with van der Waals surface area (Å²) in [7, 11) is 0. The van der Waals surface area contributed by atoms with Gasteiger partial charge >= 0.3 is 0 Å². The number of rotatable bonds is 5. The van der Waals surface area contributed by atoms with Gasteiger partial charge in [-0.25, -0.2) is 8.78 Å². The fraction of sp³-hybridized carbons (Fsp3) is 0.273. The molecule has 1 aliphatic rings. The summed E-state index contributed by atoms with van der Waals surface area (Å²) in [5.74, 6) is -0.572. The van der Waals surface area contributed by atoms with E-state index in [1.807, 2.05) is 0 Å². The first kappa shape index (κ1) is 19.7. The monoisotopic (exact) mass is 381 g/mol. The Bertz CT molecular complexity index is 889. The molecule has 1 heterocycles. The van der Waals surface area contributed by atoms with Crippen LogP contribution in [0.15, 0.2) is 54.6 Å². The normalized spacial score (nSPS) is 19.5. The topological polar surface area (TPSA) is 56.1 Å². The van der Waals surface area contributed by atoms with E-state index in [0.29, 0.717) is 30.6 Å². The Morgan fingerprint density at radius 1 is 1.25 bits per heavy atom. The smallest absolute Gasteiger partial charge is 0.246 e. The van der Waals surface area contributed by atoms with Crippen molar-refractivity contribution < 1.29 is 13.6 Å². The molecule has 2 aromatic carbocycles. The van der Waals surface area contributed by atoms with Crippen LogP contribution in [0.4, 0.5) is 8.78 Å². The minimum atomic E-state index is -1.18. The highest BCUT2D eigenvalue weighted by Crippen LogP contribution is 2.16. The molecule has 28 heavy (non-hydrogen) atoms. The molecule has 2 unspecified atom stereocenters. The molecule has 0 bridgehead atoms. The molecule has 1 fully saturated rings. The maximum atomic E-state index is 14.5. The quantitative estimate of drug-likeness (QED) is 0.808. The van der Waals surface area contributed by atoms with Gasteiger partial charge in [0.05, 0.1) is 18.2 Å². The highest BCUT2D eigenvalue weighted by atomic mass is 19.1. The van der Waals surface area contributed by atoms with E-state index in [1.54, 1.807) is 42.5 Å². The third-order valence-electron chi connectivity index (χ3n) is 4.82. The van der Waals surface area contributed by atoms with Gasteiger partial charge in [0.1, 0.15) is 12.0 Å². The van der Waals surface area contributed by atoms with E-state index in [0.717, 1.165) is 5.56 Å². The van der Waals surface area contributed by atoms with Crippen molar-refractivity contribution >= 4 is 12.0 Å². The van der Waals surface area contributed by atoms with E-state index in [2.05, 4.69) is 11.4 Å². The van der Waals surface area contributed by atoms with Gasteiger partial charge in [0.2, 0.25) is 5.91 Å². The molecule has 2 atom stereocenters. The highest BCUT2D eigenvalue weighted by Gasteiger charge is 2.30. The highest BCUT2D eigenvalue weighted by molar-refractivity contribution is 5.92. The number of halogens is 2. The molecule has 3 rings (SSSR count). The summed E-state index contributed by atoms with van der Waals surface area (Å²) in [6, 6.07) is 14.8. The van der Waals surface area contributed by atoms with Gasteiger partial charge in [0, 0.05) is 25.2 Å². The first-order chi connectivity index (χ1) is 13.6. The lowest BCUT2D eigenvalue weighted by Crippen LogP contribution is -2.51. The van der Waals surface area contributed by atoms with Crippen molar-refractivity contribution in [3.05, 3.63) is 77.1 Å². The van der Waals surface area contributed by atoms with Crippen LogP contribution >= 0.6 is 0 Å². The molecular formula is C22H21F2N3O. The second-order valence-corrected chi connectivity index (χ2v) is 6.74. The molecule has 2 aromatic rings. The van der Waals surface area contributed by atoms with E-state index in [1.165, 1.54) is 23.1 Å². The number of nitrogens with zero attached hydrogens (tertiary/aromatic N) is 2. The number of hydrogen-bond donors (Lipinski definition) is 1. The molecule has 1 N–H and O–H groups in total. The van der Waals surface area contributed by atoms with Gasteiger partial charge in [-0.15, -0.1) is 0 Å². The summed E-state index contributed by atoms with van der Waals surface area (Å²) in [4.78, 5) is 13.8. The third kappa shape index (κ3) is 5.02. The average molecular weight is 381 g/mol. The van der Waals surface area contributed by atoms with E-state index < -0.39 is 6.17 Å². The van der Waals surface area contributed by atoms with Crippen molar-refractivity contribution in [1.29, 1.82) is 5.26 Å². The summed E-state index contributed by atoms with van der Waals surface area (Å²) in [6.07, 6.45) is 2.29. The van der Waals surface area contributed by atoms with E-state index in [-0.39, 0.29) is 24.3 Å². The van der Waals surface area contributed by atoms with Crippen molar-refractivity contribution in [2.75, 3.05) is 13.1 Å². The standard InChI is InChI=1S/C22H21F2N3O/c23-19-8-5-16(6-9-19)14-26-21-11-12-27(15-20(21)24)22(28)10-7-17-3-1-2-4-18(17)13-25/h1-10,20-21,26H,11-12,14-15H2/b10-7-. The summed E-state index contributed by atoms with van der Waals surface area (Å²) in [5.41, 5.74) is 2.02. The van der Waals surface area contributed by atoms with Gasteiger partial charge in [-0.1, -0.05) is 30.3 Å². The van der Waals surface area contributed by atoms with Crippen molar-refractivity contribution in [1.82, 2.24) is 10.2 Å². The molecule has 0 radical (unpaired) electrons. The fourth-order valence-electron chi connectivity index (χ4n) is 3.20. The van der Waals surface area contributed by atoms with E-state index in [4.69, 9.17) is 5.26 Å². The van der Waals surface area contributed by atoms with Gasteiger partial charge in [-0.2, -0.15) is 5.26 Å². The summed E-state index contributed by atoms with van der Waals surface area (Å²) in [6.45, 7) is 0.916. The van der Waals surface area contributed by atoms with Crippen molar-refractivity contribution in [3.8, 4) is 6.07 Å². The Hall–Kier alpha value is -3.04. The lowest BCUT2D eigenvalue weighted by atomic mass is 10.0. The van der Waals surface area contributed by atoms with Crippen molar-refractivity contribution in [2.24, 2.45) is 0 Å². The van der Waals surface area contributed by atoms with Gasteiger partial charge in [-0.3, -0.25) is 4.79 Å². The number of alkyl halides is 1. The first-order valence-corrected chi connectivity index (χ1v) is 9.15. The molecule has 0 aliphatic carbocycles. The zero-order chi connectivity index (χ0) is 19.9. The van der Waals surface area contributed by atoms with Crippen LogP contribution in [0.1, 0.15) is 23.1 Å². The van der Waals surface area contributed by atoms with Gasteiger partial charge in [-0.05, 0) is 41.8 Å². The summed E-state index contributed by atoms with van der Waals surface area (Å²) in [5, 5.41) is 12.2. The number of likely N-dealkylation sites (tertiary alicyclic amines) is 1. The minimum absolute atomic E-state index is 0.0180. The Morgan fingerprint density at radius 3 is 2.71 bits per heavy atom.